The summed E-state index contributed by atoms with van der Waals surface area (Å²) >= 11 is 3.40. The molecule has 0 unspecified atom stereocenters. The fourth-order valence-electron chi connectivity index (χ4n) is 2.88. The van der Waals surface area contributed by atoms with Crippen LogP contribution >= 0.6 is 15.9 Å². The molecule has 0 radical (unpaired) electrons. The molecule has 5 nitrogen and oxygen atoms in total. The van der Waals surface area contributed by atoms with Crippen molar-refractivity contribution in [1.29, 1.82) is 0 Å². The Morgan fingerprint density at radius 1 is 1.15 bits per heavy atom. The summed E-state index contributed by atoms with van der Waals surface area (Å²) in [6.45, 7) is 5.45. The van der Waals surface area contributed by atoms with Gasteiger partial charge in [0.2, 0.25) is 15.9 Å². The third kappa shape index (κ3) is 6.36. The van der Waals surface area contributed by atoms with E-state index in [1.54, 1.807) is 18.2 Å². The first-order valence-electron chi connectivity index (χ1n) is 8.57. The number of hydrogen-bond acceptors (Lipinski definition) is 3. The second-order valence-electron chi connectivity index (χ2n) is 7.30. The lowest BCUT2D eigenvalue weighted by Gasteiger charge is -2.29. The number of halogens is 1. The van der Waals surface area contributed by atoms with E-state index in [0.29, 0.717) is 12.1 Å². The van der Waals surface area contributed by atoms with Crippen LogP contribution in [0.25, 0.3) is 0 Å². The number of nitrogens with zero attached hydrogens (tertiary/aromatic N) is 1. The van der Waals surface area contributed by atoms with E-state index in [1.165, 1.54) is 0 Å². The van der Waals surface area contributed by atoms with Crippen molar-refractivity contribution in [3.05, 3.63) is 64.1 Å². The smallest absolute Gasteiger partial charge is 0.241 e. The van der Waals surface area contributed by atoms with Gasteiger partial charge in [-0.3, -0.25) is 9.10 Å². The number of rotatable bonds is 7. The Balaban J connectivity index is 2.15. The first-order valence-corrected chi connectivity index (χ1v) is 11.2. The Morgan fingerprint density at radius 3 is 2.33 bits per heavy atom. The fourth-order valence-corrected chi connectivity index (χ4v) is 3.98. The molecule has 7 heteroatoms. The quantitative estimate of drug-likeness (QED) is 0.696. The molecule has 0 aromatic heterocycles. The van der Waals surface area contributed by atoms with Gasteiger partial charge in [0, 0.05) is 10.0 Å². The molecule has 0 aliphatic rings. The molecule has 2 aromatic rings. The lowest BCUT2D eigenvalue weighted by molar-refractivity contribution is -0.121. The van der Waals surface area contributed by atoms with Gasteiger partial charge in [-0.25, -0.2) is 8.42 Å². The molecule has 2 aromatic carbocycles. The summed E-state index contributed by atoms with van der Waals surface area (Å²) in [5, 5.41) is 2.95. The van der Waals surface area contributed by atoms with Gasteiger partial charge in [0.25, 0.3) is 0 Å². The van der Waals surface area contributed by atoms with Crippen molar-refractivity contribution in [2.75, 3.05) is 17.1 Å². The molecular weight excluding hydrogens is 428 g/mol. The van der Waals surface area contributed by atoms with Crippen LogP contribution in [0.15, 0.2) is 53.0 Å². The summed E-state index contributed by atoms with van der Waals surface area (Å²) in [5.41, 5.74) is 1.96. The number of amides is 1. The van der Waals surface area contributed by atoms with E-state index in [0.717, 1.165) is 26.2 Å². The number of benzene rings is 2. The zero-order valence-electron chi connectivity index (χ0n) is 16.0. The van der Waals surface area contributed by atoms with E-state index in [9.17, 15) is 13.2 Å². The molecule has 0 heterocycles. The highest BCUT2D eigenvalue weighted by Gasteiger charge is 2.26. The van der Waals surface area contributed by atoms with Gasteiger partial charge in [0.1, 0.15) is 6.54 Å². The number of carbonyl (C=O) groups excluding carboxylic acids is 1. The molecule has 27 heavy (non-hydrogen) atoms. The van der Waals surface area contributed by atoms with Gasteiger partial charge in [-0.15, -0.1) is 0 Å². The van der Waals surface area contributed by atoms with Crippen molar-refractivity contribution in [1.82, 2.24) is 5.32 Å². The van der Waals surface area contributed by atoms with E-state index in [2.05, 4.69) is 21.2 Å². The number of nitrogens with one attached hydrogen (secondary N) is 1. The largest absolute Gasteiger partial charge is 0.349 e. The van der Waals surface area contributed by atoms with E-state index in [1.807, 2.05) is 51.1 Å². The third-order valence-electron chi connectivity index (χ3n) is 4.08. The maximum atomic E-state index is 12.6. The minimum Gasteiger partial charge on any atom is -0.349 e. The van der Waals surface area contributed by atoms with E-state index < -0.39 is 15.6 Å². The van der Waals surface area contributed by atoms with E-state index >= 15 is 0 Å². The van der Waals surface area contributed by atoms with Gasteiger partial charge in [0.05, 0.1) is 11.9 Å². The van der Waals surface area contributed by atoms with Gasteiger partial charge < -0.3 is 5.32 Å². The van der Waals surface area contributed by atoms with Gasteiger partial charge in [-0.05, 0) is 56.5 Å². The van der Waals surface area contributed by atoms with Crippen molar-refractivity contribution in [3.8, 4) is 0 Å². The summed E-state index contributed by atoms with van der Waals surface area (Å²) < 4.78 is 26.5. The molecule has 0 aliphatic heterocycles. The van der Waals surface area contributed by atoms with Crippen LogP contribution < -0.4 is 9.62 Å². The normalized spacial score (nSPS) is 11.9. The van der Waals surface area contributed by atoms with Crippen LogP contribution in [-0.2, 0) is 21.2 Å². The van der Waals surface area contributed by atoms with Crippen molar-refractivity contribution >= 4 is 37.5 Å². The van der Waals surface area contributed by atoms with E-state index in [-0.39, 0.29) is 12.5 Å². The molecule has 0 fully saturated rings. The van der Waals surface area contributed by atoms with Crippen LogP contribution in [0.1, 0.15) is 25.0 Å². The average Bonchev–Trinajstić information content (AvgIpc) is 2.54. The Kier molecular flexibility index (Phi) is 6.70. The molecule has 146 valence electrons. The second kappa shape index (κ2) is 8.44. The Morgan fingerprint density at radius 2 is 1.78 bits per heavy atom. The van der Waals surface area contributed by atoms with Crippen molar-refractivity contribution < 1.29 is 13.2 Å². The lowest BCUT2D eigenvalue weighted by atomic mass is 9.95. The van der Waals surface area contributed by atoms with Gasteiger partial charge in [-0.2, -0.15) is 0 Å². The molecule has 0 saturated heterocycles. The van der Waals surface area contributed by atoms with Crippen LogP contribution in [0.4, 0.5) is 5.69 Å². The number of anilines is 1. The first kappa shape index (κ1) is 21.4. The Hall–Kier alpha value is -1.86. The molecular formula is C20H25BrN2O3S. The van der Waals surface area contributed by atoms with Crippen molar-refractivity contribution in [2.45, 2.75) is 32.7 Å². The molecule has 2 rings (SSSR count). The standard InChI is InChI=1S/C20H25BrN2O3S/c1-15-12-17(10-11-18(15)21)23(27(4,25)26)14-19(24)22-20(2,3)13-16-8-6-5-7-9-16/h5-12H,13-14H2,1-4H3,(H,22,24). The lowest BCUT2D eigenvalue weighted by Crippen LogP contribution is -2.50. The summed E-state index contributed by atoms with van der Waals surface area (Å²) in [4.78, 5) is 12.6. The minimum absolute atomic E-state index is 0.266. The maximum absolute atomic E-state index is 12.6. The van der Waals surface area contributed by atoms with Crippen molar-refractivity contribution in [2.24, 2.45) is 0 Å². The summed E-state index contributed by atoms with van der Waals surface area (Å²) in [6.07, 6.45) is 1.75. The zero-order valence-corrected chi connectivity index (χ0v) is 18.4. The number of carbonyl (C=O) groups is 1. The van der Waals surface area contributed by atoms with Gasteiger partial charge in [0.15, 0.2) is 0 Å². The minimum atomic E-state index is -3.60. The van der Waals surface area contributed by atoms with Crippen LogP contribution in [0.2, 0.25) is 0 Å². The molecule has 0 aliphatic carbocycles. The summed E-state index contributed by atoms with van der Waals surface area (Å²) in [7, 11) is -3.60. The van der Waals surface area contributed by atoms with Crippen molar-refractivity contribution in [3.63, 3.8) is 0 Å². The van der Waals surface area contributed by atoms with Crippen LogP contribution in [-0.4, -0.2) is 32.7 Å². The van der Waals surface area contributed by atoms with Crippen LogP contribution in [0.5, 0.6) is 0 Å². The summed E-state index contributed by atoms with van der Waals surface area (Å²) in [6, 6.07) is 15.1. The topological polar surface area (TPSA) is 66.5 Å². The molecule has 0 bridgehead atoms. The van der Waals surface area contributed by atoms with Gasteiger partial charge in [-0.1, -0.05) is 46.3 Å². The monoisotopic (exact) mass is 452 g/mol. The molecule has 0 spiro atoms. The summed E-state index contributed by atoms with van der Waals surface area (Å²) in [5.74, 6) is -0.345. The third-order valence-corrected chi connectivity index (χ3v) is 6.11. The zero-order chi connectivity index (χ0) is 20.2. The molecule has 0 saturated carbocycles. The van der Waals surface area contributed by atoms with Crippen LogP contribution in [0, 0.1) is 6.92 Å². The highest BCUT2D eigenvalue weighted by Crippen LogP contribution is 2.24. The molecule has 0 atom stereocenters. The Labute approximate surface area is 170 Å². The van der Waals surface area contributed by atoms with E-state index in [4.69, 9.17) is 0 Å². The van der Waals surface area contributed by atoms with Gasteiger partial charge >= 0.3 is 0 Å². The van der Waals surface area contributed by atoms with Crippen LogP contribution in [0.3, 0.4) is 0 Å². The Bertz CT molecular complexity index is 912. The highest BCUT2D eigenvalue weighted by molar-refractivity contribution is 9.10. The number of hydrogen-bond donors (Lipinski definition) is 1. The fraction of sp³-hybridized carbons (Fsp3) is 0.350. The second-order valence-corrected chi connectivity index (χ2v) is 10.1. The maximum Gasteiger partial charge on any atom is 0.241 e. The molecule has 1 amide bonds. The first-order chi connectivity index (χ1) is 12.5. The highest BCUT2D eigenvalue weighted by atomic mass is 79.9. The predicted molar refractivity (Wildman–Crippen MR) is 113 cm³/mol. The SMILES string of the molecule is Cc1cc(N(CC(=O)NC(C)(C)Cc2ccccc2)S(C)(=O)=O)ccc1Br. The predicted octanol–water partition coefficient (Wildman–Crippen LogP) is 3.66. The number of aryl methyl sites for hydroxylation is 1. The number of sulfonamides is 1. The molecule has 1 N–H and O–H groups in total. The average molecular weight is 453 g/mol.